The number of nitrogens with zero attached hydrogens (tertiary/aromatic N) is 1. The molecule has 1 aliphatic rings. The van der Waals surface area contributed by atoms with Gasteiger partial charge in [0.15, 0.2) is 6.10 Å². The maximum atomic E-state index is 11.2. The summed E-state index contributed by atoms with van der Waals surface area (Å²) in [7, 11) is 0. The predicted octanol–water partition coefficient (Wildman–Crippen LogP) is 0.964. The van der Waals surface area contributed by atoms with Gasteiger partial charge < -0.3 is 4.74 Å². The summed E-state index contributed by atoms with van der Waals surface area (Å²) >= 11 is 0. The molecule has 1 saturated heterocycles. The van der Waals surface area contributed by atoms with Crippen LogP contribution in [0.15, 0.2) is 0 Å². The second kappa shape index (κ2) is 4.58. The monoisotopic (exact) mass is 187 g/mol. The summed E-state index contributed by atoms with van der Waals surface area (Å²) in [6.45, 7) is 7.09. The van der Waals surface area contributed by atoms with Crippen LogP contribution < -0.4 is 0 Å². The number of ether oxygens (including phenoxy) is 1. The number of esters is 1. The second-order valence-corrected chi connectivity index (χ2v) is 3.37. The van der Waals surface area contributed by atoms with Crippen molar-refractivity contribution in [1.82, 2.24) is 5.06 Å². The number of carbonyl (C=O) groups is 1. The highest BCUT2D eigenvalue weighted by Crippen LogP contribution is 2.16. The molecule has 1 rings (SSSR count). The van der Waals surface area contributed by atoms with Crippen molar-refractivity contribution in [2.75, 3.05) is 13.2 Å². The largest absolute Gasteiger partial charge is 0.464 e. The first-order chi connectivity index (χ1) is 6.15. The lowest BCUT2D eigenvalue weighted by Crippen LogP contribution is -2.30. The van der Waals surface area contributed by atoms with Crippen LogP contribution in [0.4, 0.5) is 0 Å². The van der Waals surface area contributed by atoms with Crippen LogP contribution in [-0.4, -0.2) is 36.3 Å². The maximum Gasteiger partial charge on any atom is 0.337 e. The third-order valence-electron chi connectivity index (χ3n) is 2.00. The van der Waals surface area contributed by atoms with E-state index in [-0.39, 0.29) is 12.1 Å². The molecule has 13 heavy (non-hydrogen) atoms. The van der Waals surface area contributed by atoms with Crippen LogP contribution in [0.3, 0.4) is 0 Å². The zero-order valence-corrected chi connectivity index (χ0v) is 8.45. The molecule has 0 aliphatic carbocycles. The molecule has 1 heterocycles. The lowest BCUT2D eigenvalue weighted by atomic mass is 10.2. The van der Waals surface area contributed by atoms with Crippen LogP contribution >= 0.6 is 0 Å². The predicted molar refractivity (Wildman–Crippen MR) is 48.0 cm³/mol. The quantitative estimate of drug-likeness (QED) is 0.617. The number of hydrogen-bond acceptors (Lipinski definition) is 4. The summed E-state index contributed by atoms with van der Waals surface area (Å²) < 4.78 is 4.86. The van der Waals surface area contributed by atoms with E-state index in [0.29, 0.717) is 12.6 Å². The van der Waals surface area contributed by atoms with Crippen molar-refractivity contribution >= 4 is 5.97 Å². The van der Waals surface area contributed by atoms with Crippen LogP contribution in [0.1, 0.15) is 27.2 Å². The van der Waals surface area contributed by atoms with Gasteiger partial charge in [0.05, 0.1) is 6.61 Å². The number of hydrogen-bond donors (Lipinski definition) is 0. The Bertz CT molecular complexity index is 182. The van der Waals surface area contributed by atoms with Gasteiger partial charge in [0.2, 0.25) is 0 Å². The van der Waals surface area contributed by atoms with Crippen LogP contribution in [-0.2, 0) is 14.4 Å². The topological polar surface area (TPSA) is 38.8 Å². The van der Waals surface area contributed by atoms with Crippen LogP contribution in [0.5, 0.6) is 0 Å². The highest BCUT2D eigenvalue weighted by atomic mass is 16.7. The van der Waals surface area contributed by atoms with E-state index < -0.39 is 0 Å². The van der Waals surface area contributed by atoms with Crippen molar-refractivity contribution in [3.8, 4) is 0 Å². The fraction of sp³-hybridized carbons (Fsp3) is 0.889. The van der Waals surface area contributed by atoms with E-state index in [1.54, 1.807) is 6.92 Å². The van der Waals surface area contributed by atoms with E-state index in [1.165, 1.54) is 0 Å². The van der Waals surface area contributed by atoms with E-state index in [9.17, 15) is 4.79 Å². The van der Waals surface area contributed by atoms with Crippen molar-refractivity contribution in [2.24, 2.45) is 0 Å². The molecule has 1 unspecified atom stereocenters. The maximum absolute atomic E-state index is 11.2. The molecule has 0 aromatic heterocycles. The van der Waals surface area contributed by atoms with E-state index in [1.807, 2.05) is 18.9 Å². The van der Waals surface area contributed by atoms with Crippen molar-refractivity contribution < 1.29 is 14.4 Å². The molecule has 0 saturated carbocycles. The SMILES string of the molecule is CCOC(=O)C1CCN(C(C)C)O1. The summed E-state index contributed by atoms with van der Waals surface area (Å²) in [5.74, 6) is -0.245. The third-order valence-corrected chi connectivity index (χ3v) is 2.00. The molecule has 0 aromatic rings. The molecule has 0 radical (unpaired) electrons. The van der Waals surface area contributed by atoms with E-state index in [2.05, 4.69) is 0 Å². The average Bonchev–Trinajstić information content (AvgIpc) is 2.52. The molecular weight excluding hydrogens is 170 g/mol. The number of hydroxylamine groups is 2. The lowest BCUT2D eigenvalue weighted by molar-refractivity contribution is -0.190. The Morgan fingerprint density at radius 3 is 2.85 bits per heavy atom. The zero-order valence-electron chi connectivity index (χ0n) is 8.45. The molecule has 4 heteroatoms. The Labute approximate surface area is 78.8 Å². The highest BCUT2D eigenvalue weighted by Gasteiger charge is 2.31. The van der Waals surface area contributed by atoms with Gasteiger partial charge in [-0.2, -0.15) is 5.06 Å². The van der Waals surface area contributed by atoms with Crippen molar-refractivity contribution in [1.29, 1.82) is 0 Å². The average molecular weight is 187 g/mol. The van der Waals surface area contributed by atoms with Gasteiger partial charge in [0.1, 0.15) is 0 Å². The highest BCUT2D eigenvalue weighted by molar-refractivity contribution is 5.74. The molecule has 0 bridgehead atoms. The minimum Gasteiger partial charge on any atom is -0.464 e. The smallest absolute Gasteiger partial charge is 0.337 e. The Balaban J connectivity index is 2.36. The van der Waals surface area contributed by atoms with Gasteiger partial charge in [-0.15, -0.1) is 0 Å². The molecule has 1 fully saturated rings. The Morgan fingerprint density at radius 2 is 2.38 bits per heavy atom. The third kappa shape index (κ3) is 2.67. The second-order valence-electron chi connectivity index (χ2n) is 3.37. The van der Waals surface area contributed by atoms with Gasteiger partial charge in [0.25, 0.3) is 0 Å². The molecule has 0 amide bonds. The molecule has 1 aliphatic heterocycles. The minimum atomic E-state index is -0.387. The summed E-state index contributed by atoms with van der Waals surface area (Å²) in [6, 6.07) is 0.319. The summed E-state index contributed by atoms with van der Waals surface area (Å²) in [5, 5.41) is 1.82. The normalized spacial score (nSPS) is 23.8. The Morgan fingerprint density at radius 1 is 1.69 bits per heavy atom. The zero-order chi connectivity index (χ0) is 9.84. The first kappa shape index (κ1) is 10.5. The standard InChI is InChI=1S/C9H17NO3/c1-4-12-9(11)8-5-6-10(13-8)7(2)3/h7-8H,4-6H2,1-3H3. The van der Waals surface area contributed by atoms with Crippen LogP contribution in [0, 0.1) is 0 Å². The lowest BCUT2D eigenvalue weighted by Gasteiger charge is -2.19. The van der Waals surface area contributed by atoms with Gasteiger partial charge in [-0.3, -0.25) is 4.84 Å². The van der Waals surface area contributed by atoms with Crippen LogP contribution in [0.25, 0.3) is 0 Å². The Kier molecular flexibility index (Phi) is 3.69. The van der Waals surface area contributed by atoms with Gasteiger partial charge in [-0.1, -0.05) is 0 Å². The van der Waals surface area contributed by atoms with E-state index in [4.69, 9.17) is 9.57 Å². The first-order valence-electron chi connectivity index (χ1n) is 4.75. The number of carbonyl (C=O) groups excluding carboxylic acids is 1. The van der Waals surface area contributed by atoms with E-state index in [0.717, 1.165) is 13.0 Å². The first-order valence-corrected chi connectivity index (χ1v) is 4.75. The molecular formula is C9H17NO3. The van der Waals surface area contributed by atoms with Crippen molar-refractivity contribution in [3.63, 3.8) is 0 Å². The number of rotatable bonds is 3. The van der Waals surface area contributed by atoms with Gasteiger partial charge >= 0.3 is 5.97 Å². The molecule has 0 spiro atoms. The molecule has 76 valence electrons. The van der Waals surface area contributed by atoms with Gasteiger partial charge in [-0.05, 0) is 20.8 Å². The summed E-state index contributed by atoms with van der Waals surface area (Å²) in [4.78, 5) is 16.6. The minimum absolute atomic E-state index is 0.245. The van der Waals surface area contributed by atoms with Crippen LogP contribution in [0.2, 0.25) is 0 Å². The molecule has 1 atom stereocenters. The fourth-order valence-electron chi connectivity index (χ4n) is 1.29. The molecule has 0 aromatic carbocycles. The van der Waals surface area contributed by atoms with Gasteiger partial charge in [0, 0.05) is 19.0 Å². The van der Waals surface area contributed by atoms with Crippen molar-refractivity contribution in [2.45, 2.75) is 39.3 Å². The summed E-state index contributed by atoms with van der Waals surface area (Å²) in [5.41, 5.74) is 0. The fourth-order valence-corrected chi connectivity index (χ4v) is 1.29. The summed E-state index contributed by atoms with van der Waals surface area (Å²) in [6.07, 6.45) is 0.346. The molecule has 0 N–H and O–H groups in total. The van der Waals surface area contributed by atoms with Gasteiger partial charge in [-0.25, -0.2) is 4.79 Å². The molecule has 4 nitrogen and oxygen atoms in total. The van der Waals surface area contributed by atoms with Crippen molar-refractivity contribution in [3.05, 3.63) is 0 Å². The Hall–Kier alpha value is -0.610. The van der Waals surface area contributed by atoms with E-state index >= 15 is 0 Å².